The Balaban J connectivity index is 0.00000264. The molecule has 0 spiro atoms. The minimum absolute atomic E-state index is 0. The third-order valence-electron chi connectivity index (χ3n) is 3.70. The minimum atomic E-state index is -0.108. The average molecular weight is 345 g/mol. The van der Waals surface area contributed by atoms with E-state index in [-0.39, 0.29) is 30.5 Å². The van der Waals surface area contributed by atoms with Crippen LogP contribution in [0.4, 0.5) is 0 Å². The largest absolute Gasteiger partial charge is 0.493 e. The molecule has 23 heavy (non-hydrogen) atoms. The molecule has 130 valence electrons. The Morgan fingerprint density at radius 1 is 1.39 bits per heavy atom. The van der Waals surface area contributed by atoms with Gasteiger partial charge >= 0.3 is 0 Å². The number of ether oxygens (including phenoxy) is 3. The lowest BCUT2D eigenvalue weighted by molar-refractivity contribution is -0.125. The zero-order chi connectivity index (χ0) is 15.9. The van der Waals surface area contributed by atoms with Crippen LogP contribution in [0.1, 0.15) is 24.9 Å². The molecule has 1 aliphatic heterocycles. The van der Waals surface area contributed by atoms with Crippen molar-refractivity contribution in [1.29, 1.82) is 0 Å². The molecule has 7 heteroatoms. The fourth-order valence-corrected chi connectivity index (χ4v) is 2.46. The van der Waals surface area contributed by atoms with Crippen molar-refractivity contribution in [3.05, 3.63) is 23.8 Å². The van der Waals surface area contributed by atoms with Gasteiger partial charge in [0, 0.05) is 13.1 Å². The van der Waals surface area contributed by atoms with Gasteiger partial charge in [-0.25, -0.2) is 0 Å². The molecular formula is C16H25ClN2O4. The van der Waals surface area contributed by atoms with Crippen LogP contribution in [0.15, 0.2) is 18.2 Å². The Kier molecular flexibility index (Phi) is 8.16. The predicted octanol–water partition coefficient (Wildman–Crippen LogP) is 1.68. The first-order valence-electron chi connectivity index (χ1n) is 7.47. The molecular weight excluding hydrogens is 320 g/mol. The molecule has 6 nitrogen and oxygen atoms in total. The molecule has 1 amide bonds. The van der Waals surface area contributed by atoms with Gasteiger partial charge in [-0.2, -0.15) is 0 Å². The van der Waals surface area contributed by atoms with Gasteiger partial charge < -0.3 is 24.8 Å². The summed E-state index contributed by atoms with van der Waals surface area (Å²) in [5.41, 5.74) is 0.966. The number of carbonyl (C=O) groups is 1. The van der Waals surface area contributed by atoms with E-state index in [2.05, 4.69) is 10.6 Å². The number of morpholine rings is 1. The van der Waals surface area contributed by atoms with E-state index in [1.165, 1.54) is 0 Å². The SMILES string of the molecule is COc1ccc(C(C)NC(=O)CC2CNCCO2)cc1OC.Cl. The van der Waals surface area contributed by atoms with Gasteiger partial charge in [0.05, 0.1) is 39.4 Å². The van der Waals surface area contributed by atoms with E-state index in [0.29, 0.717) is 24.5 Å². The second-order valence-electron chi connectivity index (χ2n) is 5.30. The number of halogens is 1. The number of hydrogen-bond donors (Lipinski definition) is 2. The number of rotatable bonds is 6. The topological polar surface area (TPSA) is 68.8 Å². The number of carbonyl (C=O) groups excluding carboxylic acids is 1. The quantitative estimate of drug-likeness (QED) is 0.821. The van der Waals surface area contributed by atoms with Crippen LogP contribution in [-0.4, -0.2) is 45.9 Å². The maximum absolute atomic E-state index is 12.1. The van der Waals surface area contributed by atoms with Crippen molar-refractivity contribution in [1.82, 2.24) is 10.6 Å². The molecule has 1 aromatic carbocycles. The minimum Gasteiger partial charge on any atom is -0.493 e. The Morgan fingerprint density at radius 3 is 2.74 bits per heavy atom. The summed E-state index contributed by atoms with van der Waals surface area (Å²) in [6.45, 7) is 4.17. The van der Waals surface area contributed by atoms with Gasteiger partial charge in [0.25, 0.3) is 0 Å². The summed E-state index contributed by atoms with van der Waals surface area (Å²) in [5.74, 6) is 1.31. The van der Waals surface area contributed by atoms with Crippen molar-refractivity contribution < 1.29 is 19.0 Å². The zero-order valence-corrected chi connectivity index (χ0v) is 14.6. The van der Waals surface area contributed by atoms with Crippen LogP contribution in [-0.2, 0) is 9.53 Å². The highest BCUT2D eigenvalue weighted by atomic mass is 35.5. The molecule has 1 fully saturated rings. The lowest BCUT2D eigenvalue weighted by atomic mass is 10.1. The second-order valence-corrected chi connectivity index (χ2v) is 5.30. The number of hydrogen-bond acceptors (Lipinski definition) is 5. The van der Waals surface area contributed by atoms with Crippen molar-refractivity contribution in [2.75, 3.05) is 33.9 Å². The van der Waals surface area contributed by atoms with Gasteiger partial charge in [-0.3, -0.25) is 4.79 Å². The molecule has 1 saturated heterocycles. The molecule has 0 aromatic heterocycles. The predicted molar refractivity (Wildman–Crippen MR) is 90.6 cm³/mol. The lowest BCUT2D eigenvalue weighted by Crippen LogP contribution is -2.41. The van der Waals surface area contributed by atoms with E-state index >= 15 is 0 Å². The van der Waals surface area contributed by atoms with Crippen molar-refractivity contribution in [2.24, 2.45) is 0 Å². The van der Waals surface area contributed by atoms with Crippen molar-refractivity contribution in [3.8, 4) is 11.5 Å². The monoisotopic (exact) mass is 344 g/mol. The van der Waals surface area contributed by atoms with Gasteiger partial charge in [-0.05, 0) is 24.6 Å². The third kappa shape index (κ3) is 5.57. The summed E-state index contributed by atoms with van der Waals surface area (Å²) in [6.07, 6.45) is 0.316. The van der Waals surface area contributed by atoms with E-state index in [1.807, 2.05) is 25.1 Å². The summed E-state index contributed by atoms with van der Waals surface area (Å²) in [5, 5.41) is 6.21. The molecule has 1 aromatic rings. The highest BCUT2D eigenvalue weighted by molar-refractivity contribution is 5.85. The van der Waals surface area contributed by atoms with Gasteiger partial charge in [0.2, 0.25) is 5.91 Å². The van der Waals surface area contributed by atoms with Crippen molar-refractivity contribution in [2.45, 2.75) is 25.5 Å². The van der Waals surface area contributed by atoms with E-state index in [9.17, 15) is 4.79 Å². The Morgan fingerprint density at radius 2 is 2.13 bits per heavy atom. The maximum atomic E-state index is 12.1. The summed E-state index contributed by atoms with van der Waals surface area (Å²) in [4.78, 5) is 12.1. The number of amides is 1. The molecule has 0 saturated carbocycles. The molecule has 2 unspecified atom stereocenters. The van der Waals surface area contributed by atoms with Gasteiger partial charge in [0.1, 0.15) is 0 Å². The van der Waals surface area contributed by atoms with Crippen LogP contribution >= 0.6 is 12.4 Å². The summed E-state index contributed by atoms with van der Waals surface area (Å²) in [6, 6.07) is 5.53. The molecule has 1 heterocycles. The van der Waals surface area contributed by atoms with Crippen LogP contribution in [0, 0.1) is 0 Å². The normalized spacial score (nSPS) is 18.5. The van der Waals surface area contributed by atoms with Crippen LogP contribution in [0.3, 0.4) is 0 Å². The second kappa shape index (κ2) is 9.60. The van der Waals surface area contributed by atoms with Crippen LogP contribution in [0.5, 0.6) is 11.5 Å². The first kappa shape index (κ1) is 19.5. The maximum Gasteiger partial charge on any atom is 0.223 e. The van der Waals surface area contributed by atoms with Gasteiger partial charge in [-0.1, -0.05) is 6.07 Å². The van der Waals surface area contributed by atoms with Crippen molar-refractivity contribution in [3.63, 3.8) is 0 Å². The van der Waals surface area contributed by atoms with E-state index < -0.39 is 0 Å². The number of benzene rings is 1. The van der Waals surface area contributed by atoms with Crippen LogP contribution in [0.25, 0.3) is 0 Å². The first-order valence-corrected chi connectivity index (χ1v) is 7.47. The summed E-state index contributed by atoms with van der Waals surface area (Å²) >= 11 is 0. The highest BCUT2D eigenvalue weighted by Gasteiger charge is 2.19. The van der Waals surface area contributed by atoms with Crippen LogP contribution < -0.4 is 20.1 Å². The lowest BCUT2D eigenvalue weighted by Gasteiger charge is -2.24. The fraction of sp³-hybridized carbons (Fsp3) is 0.562. The first-order chi connectivity index (χ1) is 10.6. The molecule has 1 aliphatic rings. The average Bonchev–Trinajstić information content (AvgIpc) is 2.54. The van der Waals surface area contributed by atoms with Gasteiger partial charge in [-0.15, -0.1) is 12.4 Å². The molecule has 0 radical (unpaired) electrons. The number of methoxy groups -OCH3 is 2. The molecule has 2 rings (SSSR count). The third-order valence-corrected chi connectivity index (χ3v) is 3.70. The fourth-order valence-electron chi connectivity index (χ4n) is 2.46. The van der Waals surface area contributed by atoms with E-state index in [1.54, 1.807) is 14.2 Å². The Labute approximate surface area is 143 Å². The van der Waals surface area contributed by atoms with Crippen molar-refractivity contribution >= 4 is 18.3 Å². The Bertz CT molecular complexity index is 507. The van der Waals surface area contributed by atoms with Gasteiger partial charge in [0.15, 0.2) is 11.5 Å². The molecule has 0 bridgehead atoms. The van der Waals surface area contributed by atoms with Crippen LogP contribution in [0.2, 0.25) is 0 Å². The molecule has 2 N–H and O–H groups in total. The summed E-state index contributed by atoms with van der Waals surface area (Å²) < 4.78 is 16.0. The number of nitrogens with one attached hydrogen (secondary N) is 2. The van der Waals surface area contributed by atoms with E-state index in [4.69, 9.17) is 14.2 Å². The zero-order valence-electron chi connectivity index (χ0n) is 13.8. The summed E-state index contributed by atoms with van der Waals surface area (Å²) in [7, 11) is 3.19. The molecule has 0 aliphatic carbocycles. The smallest absolute Gasteiger partial charge is 0.223 e. The Hall–Kier alpha value is -1.50. The molecule has 2 atom stereocenters. The van der Waals surface area contributed by atoms with E-state index in [0.717, 1.165) is 18.7 Å². The highest BCUT2D eigenvalue weighted by Crippen LogP contribution is 2.29. The standard InChI is InChI=1S/C16H24N2O4.ClH/c1-11(12-4-5-14(20-2)15(8-12)21-3)18-16(19)9-13-10-17-6-7-22-13;/h4-5,8,11,13,17H,6-7,9-10H2,1-3H3,(H,18,19);1H.